The Morgan fingerprint density at radius 3 is 1.54 bits per heavy atom. The molecule has 3 nitrogen and oxygen atoms in total. The highest BCUT2D eigenvalue weighted by atomic mass is 16.1. The van der Waals surface area contributed by atoms with E-state index in [1.54, 1.807) is 6.92 Å². The Morgan fingerprint density at radius 2 is 1.08 bits per heavy atom. The van der Waals surface area contributed by atoms with E-state index in [0.29, 0.717) is 0 Å². The molecule has 1 N–H and O–H groups in total. The molecule has 0 atom stereocenters. The van der Waals surface area contributed by atoms with E-state index in [1.807, 2.05) is 0 Å². The molecule has 3 heteroatoms. The number of unbranched alkanes of at least 4 members (excludes halogenated alkanes) is 10. The van der Waals surface area contributed by atoms with E-state index in [1.165, 1.54) is 90.1 Å². The average molecular weight is 341 g/mol. The second kappa shape index (κ2) is 18.8. The van der Waals surface area contributed by atoms with Crippen molar-refractivity contribution in [1.29, 1.82) is 0 Å². The van der Waals surface area contributed by atoms with Crippen LogP contribution in [0.5, 0.6) is 0 Å². The molecule has 0 saturated carbocycles. The van der Waals surface area contributed by atoms with Crippen molar-refractivity contribution in [3.63, 3.8) is 0 Å². The maximum atomic E-state index is 11.0. The Bertz CT molecular complexity index is 253. The predicted molar refractivity (Wildman–Crippen MR) is 106 cm³/mol. The van der Waals surface area contributed by atoms with Crippen molar-refractivity contribution >= 4 is 5.91 Å². The smallest absolute Gasteiger partial charge is 0.216 e. The summed E-state index contributed by atoms with van der Waals surface area (Å²) >= 11 is 0. The lowest BCUT2D eigenvalue weighted by Crippen LogP contribution is -2.30. The fraction of sp³-hybridized carbons (Fsp3) is 0.952. The number of carbonyl (C=O) groups is 1. The van der Waals surface area contributed by atoms with Crippen molar-refractivity contribution in [3.05, 3.63) is 0 Å². The van der Waals surface area contributed by atoms with Crippen molar-refractivity contribution in [2.45, 2.75) is 104 Å². The number of hydrogen-bond acceptors (Lipinski definition) is 2. The van der Waals surface area contributed by atoms with Crippen molar-refractivity contribution in [3.8, 4) is 0 Å². The summed E-state index contributed by atoms with van der Waals surface area (Å²) in [5, 5.41) is 2.92. The SMILES string of the molecule is CCCCCCCCN(CCCCCCCC)CCCNC(C)=O. The number of amides is 1. The quantitative estimate of drug-likeness (QED) is 0.332. The van der Waals surface area contributed by atoms with Gasteiger partial charge in [-0.2, -0.15) is 0 Å². The Hall–Kier alpha value is -0.570. The molecule has 0 bridgehead atoms. The molecule has 0 aromatic rings. The molecule has 0 unspecified atom stereocenters. The van der Waals surface area contributed by atoms with Gasteiger partial charge in [0.05, 0.1) is 0 Å². The molecule has 1 amide bonds. The van der Waals surface area contributed by atoms with Gasteiger partial charge in [0.25, 0.3) is 0 Å². The Kier molecular flexibility index (Phi) is 18.3. The first-order chi connectivity index (χ1) is 11.7. The minimum Gasteiger partial charge on any atom is -0.356 e. The largest absolute Gasteiger partial charge is 0.356 e. The molecular weight excluding hydrogens is 296 g/mol. The van der Waals surface area contributed by atoms with E-state index in [4.69, 9.17) is 0 Å². The fourth-order valence-corrected chi connectivity index (χ4v) is 3.13. The van der Waals surface area contributed by atoms with E-state index in [0.717, 1.165) is 19.5 Å². The van der Waals surface area contributed by atoms with Crippen LogP contribution in [0.15, 0.2) is 0 Å². The zero-order chi connectivity index (χ0) is 17.9. The first-order valence-electron chi connectivity index (χ1n) is 10.7. The summed E-state index contributed by atoms with van der Waals surface area (Å²) in [5.74, 6) is 0.0911. The Morgan fingerprint density at radius 1 is 0.667 bits per heavy atom. The number of hydrogen-bond donors (Lipinski definition) is 1. The van der Waals surface area contributed by atoms with E-state index in [2.05, 4.69) is 24.1 Å². The standard InChI is InChI=1S/C21H44N2O/c1-4-6-8-10-12-14-18-23(20-16-17-22-21(3)24)19-15-13-11-9-7-5-2/h4-20H2,1-3H3,(H,22,24). The summed E-state index contributed by atoms with van der Waals surface area (Å²) in [6.07, 6.45) is 17.5. The molecule has 24 heavy (non-hydrogen) atoms. The van der Waals surface area contributed by atoms with Crippen LogP contribution in [-0.2, 0) is 4.79 Å². The third-order valence-corrected chi connectivity index (χ3v) is 4.68. The Balaban J connectivity index is 3.80. The molecule has 0 aliphatic heterocycles. The van der Waals surface area contributed by atoms with Gasteiger partial charge >= 0.3 is 0 Å². The van der Waals surface area contributed by atoms with Crippen LogP contribution in [0.3, 0.4) is 0 Å². The van der Waals surface area contributed by atoms with E-state index in [-0.39, 0.29) is 5.91 Å². The summed E-state index contributed by atoms with van der Waals surface area (Å²) < 4.78 is 0. The van der Waals surface area contributed by atoms with Crippen molar-refractivity contribution < 1.29 is 4.79 Å². The molecule has 0 aromatic carbocycles. The molecule has 0 saturated heterocycles. The highest BCUT2D eigenvalue weighted by Crippen LogP contribution is 2.09. The van der Waals surface area contributed by atoms with Crippen LogP contribution in [0.25, 0.3) is 0 Å². The molecule has 0 aliphatic carbocycles. The second-order valence-corrected chi connectivity index (χ2v) is 7.21. The predicted octanol–water partition coefficient (Wildman–Crippen LogP) is 5.54. The highest BCUT2D eigenvalue weighted by Gasteiger charge is 2.05. The van der Waals surface area contributed by atoms with Gasteiger partial charge in [-0.1, -0.05) is 78.1 Å². The maximum absolute atomic E-state index is 11.0. The molecule has 0 heterocycles. The number of rotatable bonds is 18. The van der Waals surface area contributed by atoms with Crippen LogP contribution < -0.4 is 5.32 Å². The van der Waals surface area contributed by atoms with Crippen molar-refractivity contribution in [2.24, 2.45) is 0 Å². The summed E-state index contributed by atoms with van der Waals surface area (Å²) in [4.78, 5) is 13.6. The first-order valence-corrected chi connectivity index (χ1v) is 10.7. The van der Waals surface area contributed by atoms with Crippen LogP contribution in [0.4, 0.5) is 0 Å². The summed E-state index contributed by atoms with van der Waals surface area (Å²) in [5.41, 5.74) is 0. The van der Waals surface area contributed by atoms with Crippen LogP contribution in [-0.4, -0.2) is 37.0 Å². The van der Waals surface area contributed by atoms with E-state index >= 15 is 0 Å². The van der Waals surface area contributed by atoms with E-state index in [9.17, 15) is 4.79 Å². The third-order valence-electron chi connectivity index (χ3n) is 4.68. The average Bonchev–Trinajstić information content (AvgIpc) is 2.56. The van der Waals surface area contributed by atoms with Gasteiger partial charge in [0, 0.05) is 13.5 Å². The lowest BCUT2D eigenvalue weighted by molar-refractivity contribution is -0.118. The number of nitrogens with one attached hydrogen (secondary N) is 1. The van der Waals surface area contributed by atoms with Crippen LogP contribution in [0.2, 0.25) is 0 Å². The van der Waals surface area contributed by atoms with Gasteiger partial charge in [-0.25, -0.2) is 0 Å². The lowest BCUT2D eigenvalue weighted by atomic mass is 10.1. The van der Waals surface area contributed by atoms with Crippen molar-refractivity contribution in [2.75, 3.05) is 26.2 Å². The van der Waals surface area contributed by atoms with Crippen LogP contribution in [0, 0.1) is 0 Å². The molecule has 0 fully saturated rings. The molecule has 0 spiro atoms. The molecule has 0 aromatic heterocycles. The van der Waals surface area contributed by atoms with Gasteiger partial charge in [0.15, 0.2) is 0 Å². The highest BCUT2D eigenvalue weighted by molar-refractivity contribution is 5.72. The monoisotopic (exact) mass is 340 g/mol. The Labute approximate surface area is 152 Å². The fourth-order valence-electron chi connectivity index (χ4n) is 3.13. The van der Waals surface area contributed by atoms with Crippen LogP contribution >= 0.6 is 0 Å². The second-order valence-electron chi connectivity index (χ2n) is 7.21. The minimum atomic E-state index is 0.0911. The molecule has 0 rings (SSSR count). The summed E-state index contributed by atoms with van der Waals surface area (Å²) in [6, 6.07) is 0. The zero-order valence-corrected chi connectivity index (χ0v) is 16.9. The van der Waals surface area contributed by atoms with Gasteiger partial charge in [-0.05, 0) is 38.9 Å². The topological polar surface area (TPSA) is 32.3 Å². The summed E-state index contributed by atoms with van der Waals surface area (Å²) in [7, 11) is 0. The number of carbonyl (C=O) groups excluding carboxylic acids is 1. The zero-order valence-electron chi connectivity index (χ0n) is 16.9. The number of nitrogens with zero attached hydrogens (tertiary/aromatic N) is 1. The molecule has 144 valence electrons. The molecular formula is C21H44N2O. The third kappa shape index (κ3) is 17.8. The van der Waals surface area contributed by atoms with Gasteiger partial charge in [-0.3, -0.25) is 4.79 Å². The van der Waals surface area contributed by atoms with Gasteiger partial charge in [0.1, 0.15) is 0 Å². The maximum Gasteiger partial charge on any atom is 0.216 e. The molecule has 0 aliphatic rings. The van der Waals surface area contributed by atoms with Crippen molar-refractivity contribution in [1.82, 2.24) is 10.2 Å². The minimum absolute atomic E-state index is 0.0911. The van der Waals surface area contributed by atoms with Gasteiger partial charge < -0.3 is 10.2 Å². The summed E-state index contributed by atoms with van der Waals surface area (Å²) in [6.45, 7) is 10.6. The normalized spacial score (nSPS) is 11.2. The van der Waals surface area contributed by atoms with Gasteiger partial charge in [0.2, 0.25) is 5.91 Å². The first kappa shape index (κ1) is 23.4. The van der Waals surface area contributed by atoms with Gasteiger partial charge in [-0.15, -0.1) is 0 Å². The van der Waals surface area contributed by atoms with E-state index < -0.39 is 0 Å². The molecule has 0 radical (unpaired) electrons. The lowest BCUT2D eigenvalue weighted by Gasteiger charge is -2.22. The van der Waals surface area contributed by atoms with Crippen LogP contribution in [0.1, 0.15) is 104 Å².